The Morgan fingerprint density at radius 1 is 1.37 bits per heavy atom. The molecule has 3 rings (SSSR count). The first-order chi connectivity index (χ1) is 9.15. The largest absolute Gasteiger partial charge is 0.320 e. The lowest BCUT2D eigenvalue weighted by Crippen LogP contribution is -2.01. The van der Waals surface area contributed by atoms with Gasteiger partial charge >= 0.3 is 0 Å². The fourth-order valence-corrected chi connectivity index (χ4v) is 2.64. The van der Waals surface area contributed by atoms with Gasteiger partial charge in [-0.1, -0.05) is 18.2 Å². The number of aromatic nitrogens is 3. The van der Waals surface area contributed by atoms with E-state index in [1.54, 1.807) is 6.92 Å². The summed E-state index contributed by atoms with van der Waals surface area (Å²) >= 11 is 0. The summed E-state index contributed by atoms with van der Waals surface area (Å²) in [5.74, 6) is 0.0422. The van der Waals surface area contributed by atoms with Crippen molar-refractivity contribution in [2.75, 3.05) is 0 Å². The number of fused-ring (bicyclic) bond motifs is 3. The first-order valence-electron chi connectivity index (χ1n) is 6.23. The second kappa shape index (κ2) is 4.09. The van der Waals surface area contributed by atoms with Crippen molar-refractivity contribution in [2.24, 2.45) is 0 Å². The van der Waals surface area contributed by atoms with E-state index in [-0.39, 0.29) is 5.78 Å². The van der Waals surface area contributed by atoms with Crippen LogP contribution in [0.2, 0.25) is 0 Å². The molecule has 3 aromatic rings. The molecule has 0 bridgehead atoms. The van der Waals surface area contributed by atoms with Gasteiger partial charge in [0.2, 0.25) is 0 Å². The summed E-state index contributed by atoms with van der Waals surface area (Å²) in [5.41, 5.74) is 4.39. The summed E-state index contributed by atoms with van der Waals surface area (Å²) in [6.07, 6.45) is 1.83. The van der Waals surface area contributed by atoms with E-state index in [1.165, 1.54) is 0 Å². The van der Waals surface area contributed by atoms with Crippen molar-refractivity contribution in [1.82, 2.24) is 14.2 Å². The molecule has 0 saturated heterocycles. The standard InChI is InChI=1S/C15H15N3O/c1-4-9-17-12-7-5-6-8-13(12)18-15(17)14(11(3)19)10(2)16-18/h4-8H,1,9H2,2-3H3. The van der Waals surface area contributed by atoms with Crippen molar-refractivity contribution < 1.29 is 4.79 Å². The number of hydrogen-bond donors (Lipinski definition) is 0. The number of allylic oxidation sites excluding steroid dienone is 1. The monoisotopic (exact) mass is 253 g/mol. The lowest BCUT2D eigenvalue weighted by Gasteiger charge is -2.02. The number of benzene rings is 1. The molecule has 0 N–H and O–H groups in total. The molecular formula is C15H15N3O. The van der Waals surface area contributed by atoms with Crippen LogP contribution in [0.4, 0.5) is 0 Å². The van der Waals surface area contributed by atoms with E-state index in [2.05, 4.69) is 16.2 Å². The number of carbonyl (C=O) groups excluding carboxylic acids is 1. The third-order valence-electron chi connectivity index (χ3n) is 3.36. The van der Waals surface area contributed by atoms with Gasteiger partial charge in [-0.25, -0.2) is 4.52 Å². The molecule has 1 aromatic carbocycles. The summed E-state index contributed by atoms with van der Waals surface area (Å²) in [4.78, 5) is 11.9. The van der Waals surface area contributed by atoms with E-state index >= 15 is 0 Å². The molecule has 2 aromatic heterocycles. The zero-order valence-corrected chi connectivity index (χ0v) is 11.1. The Bertz CT molecular complexity index is 808. The minimum atomic E-state index is 0.0422. The molecule has 0 aliphatic heterocycles. The maximum Gasteiger partial charge on any atom is 0.165 e. The van der Waals surface area contributed by atoms with Crippen LogP contribution in [0.3, 0.4) is 0 Å². The van der Waals surface area contributed by atoms with Gasteiger partial charge in [-0.2, -0.15) is 5.10 Å². The maximum atomic E-state index is 11.9. The van der Waals surface area contributed by atoms with E-state index < -0.39 is 0 Å². The number of hydrogen-bond acceptors (Lipinski definition) is 2. The SMILES string of the molecule is C=CCn1c2ccccc2n2nc(C)c(C(C)=O)c12. The summed E-state index contributed by atoms with van der Waals surface area (Å²) in [6, 6.07) is 8.01. The van der Waals surface area contributed by atoms with Crippen LogP contribution in [0.25, 0.3) is 16.7 Å². The molecule has 96 valence electrons. The highest BCUT2D eigenvalue weighted by molar-refractivity contribution is 6.03. The molecule has 0 aliphatic carbocycles. The topological polar surface area (TPSA) is 39.3 Å². The lowest BCUT2D eigenvalue weighted by atomic mass is 10.2. The van der Waals surface area contributed by atoms with Crippen LogP contribution in [-0.2, 0) is 6.54 Å². The van der Waals surface area contributed by atoms with Gasteiger partial charge in [-0.3, -0.25) is 4.79 Å². The molecule has 0 saturated carbocycles. The third-order valence-corrected chi connectivity index (χ3v) is 3.36. The van der Waals surface area contributed by atoms with Crippen LogP contribution in [0.5, 0.6) is 0 Å². The van der Waals surface area contributed by atoms with Gasteiger partial charge in [0.15, 0.2) is 5.78 Å². The van der Waals surface area contributed by atoms with E-state index in [9.17, 15) is 4.79 Å². The molecular weight excluding hydrogens is 238 g/mol. The number of carbonyl (C=O) groups is 1. The fraction of sp³-hybridized carbons (Fsp3) is 0.200. The Balaban J connectivity index is 2.55. The number of imidazole rings is 1. The van der Waals surface area contributed by atoms with Crippen molar-refractivity contribution in [1.29, 1.82) is 0 Å². The molecule has 19 heavy (non-hydrogen) atoms. The van der Waals surface area contributed by atoms with Gasteiger partial charge in [-0.05, 0) is 26.0 Å². The Morgan fingerprint density at radius 2 is 2.05 bits per heavy atom. The second-order valence-electron chi connectivity index (χ2n) is 4.64. The Kier molecular flexibility index (Phi) is 2.52. The smallest absolute Gasteiger partial charge is 0.165 e. The number of Topliss-reactive ketones (excluding diaryl/α,β-unsaturated/α-hetero) is 1. The van der Waals surface area contributed by atoms with Crippen LogP contribution in [0, 0.1) is 6.92 Å². The predicted molar refractivity (Wildman–Crippen MR) is 75.6 cm³/mol. The molecule has 0 amide bonds. The number of para-hydroxylation sites is 2. The van der Waals surface area contributed by atoms with Crippen molar-refractivity contribution in [3.05, 3.63) is 48.2 Å². The van der Waals surface area contributed by atoms with E-state index in [0.717, 1.165) is 22.4 Å². The van der Waals surface area contributed by atoms with Crippen LogP contribution in [0.1, 0.15) is 23.0 Å². The molecule has 0 radical (unpaired) electrons. The number of aryl methyl sites for hydroxylation is 1. The first-order valence-corrected chi connectivity index (χ1v) is 6.23. The Morgan fingerprint density at radius 3 is 2.68 bits per heavy atom. The summed E-state index contributed by atoms with van der Waals surface area (Å²) in [7, 11) is 0. The molecule has 0 spiro atoms. The maximum absolute atomic E-state index is 11.9. The van der Waals surface area contributed by atoms with Crippen LogP contribution < -0.4 is 0 Å². The molecule has 0 unspecified atom stereocenters. The highest BCUT2D eigenvalue weighted by Gasteiger charge is 2.20. The van der Waals surface area contributed by atoms with Crippen molar-refractivity contribution >= 4 is 22.5 Å². The van der Waals surface area contributed by atoms with Crippen molar-refractivity contribution in [2.45, 2.75) is 20.4 Å². The molecule has 0 aliphatic rings. The van der Waals surface area contributed by atoms with Crippen LogP contribution in [-0.4, -0.2) is 20.0 Å². The van der Waals surface area contributed by atoms with E-state index in [0.29, 0.717) is 12.1 Å². The molecule has 4 nitrogen and oxygen atoms in total. The van der Waals surface area contributed by atoms with Gasteiger partial charge in [0, 0.05) is 6.54 Å². The normalized spacial score (nSPS) is 11.3. The summed E-state index contributed by atoms with van der Waals surface area (Å²) < 4.78 is 3.93. The minimum absolute atomic E-state index is 0.0422. The zero-order chi connectivity index (χ0) is 13.6. The van der Waals surface area contributed by atoms with Crippen molar-refractivity contribution in [3.63, 3.8) is 0 Å². The van der Waals surface area contributed by atoms with Crippen LogP contribution >= 0.6 is 0 Å². The predicted octanol–water partition coefficient (Wildman–Crippen LogP) is 2.99. The average Bonchev–Trinajstić information content (AvgIpc) is 2.85. The number of rotatable bonds is 3. The highest BCUT2D eigenvalue weighted by atomic mass is 16.1. The fourth-order valence-electron chi connectivity index (χ4n) is 2.64. The number of ketones is 1. The Labute approximate surface area is 111 Å². The Hall–Kier alpha value is -2.36. The number of nitrogens with zero attached hydrogens (tertiary/aromatic N) is 3. The molecule has 4 heteroatoms. The molecule has 2 heterocycles. The zero-order valence-electron chi connectivity index (χ0n) is 11.1. The van der Waals surface area contributed by atoms with Gasteiger partial charge in [0.25, 0.3) is 0 Å². The van der Waals surface area contributed by atoms with Gasteiger partial charge in [0.1, 0.15) is 5.65 Å². The van der Waals surface area contributed by atoms with Gasteiger partial charge < -0.3 is 4.57 Å². The van der Waals surface area contributed by atoms with Crippen LogP contribution in [0.15, 0.2) is 36.9 Å². The van der Waals surface area contributed by atoms with E-state index in [4.69, 9.17) is 0 Å². The quantitative estimate of drug-likeness (QED) is 0.531. The van der Waals surface area contributed by atoms with Gasteiger partial charge in [-0.15, -0.1) is 6.58 Å². The lowest BCUT2D eigenvalue weighted by molar-refractivity contribution is 0.101. The van der Waals surface area contributed by atoms with Crippen molar-refractivity contribution in [3.8, 4) is 0 Å². The van der Waals surface area contributed by atoms with Gasteiger partial charge in [0.05, 0.1) is 22.3 Å². The molecule has 0 fully saturated rings. The summed E-state index contributed by atoms with van der Waals surface area (Å²) in [5, 5.41) is 4.51. The third kappa shape index (κ3) is 1.53. The van der Waals surface area contributed by atoms with E-state index in [1.807, 2.05) is 41.8 Å². The highest BCUT2D eigenvalue weighted by Crippen LogP contribution is 2.25. The average molecular weight is 253 g/mol. The second-order valence-corrected chi connectivity index (χ2v) is 4.64. The minimum Gasteiger partial charge on any atom is -0.320 e. The summed E-state index contributed by atoms with van der Waals surface area (Å²) in [6.45, 7) is 7.91. The first kappa shape index (κ1) is 11.7. The molecule has 0 atom stereocenters.